The smallest absolute Gasteiger partial charge is 0.253 e. The lowest BCUT2D eigenvalue weighted by Crippen LogP contribution is -2.54. The Hall–Kier alpha value is -2.99. The molecule has 0 radical (unpaired) electrons. The van der Waals surface area contributed by atoms with Gasteiger partial charge in [0.1, 0.15) is 5.52 Å². The number of fused-ring (bicyclic) bond motifs is 1. The van der Waals surface area contributed by atoms with Crippen molar-refractivity contribution in [2.24, 2.45) is 0 Å². The minimum atomic E-state index is 0.0609. The van der Waals surface area contributed by atoms with Crippen LogP contribution in [0.15, 0.2) is 61.8 Å². The Kier molecular flexibility index (Phi) is 6.21. The van der Waals surface area contributed by atoms with Gasteiger partial charge < -0.3 is 9.80 Å². The number of halogens is 1. The van der Waals surface area contributed by atoms with E-state index < -0.39 is 0 Å². The van der Waals surface area contributed by atoms with Gasteiger partial charge in [-0.15, -0.1) is 23.4 Å². The molecule has 1 aromatic carbocycles. The first kappa shape index (κ1) is 19.8. The highest BCUT2D eigenvalue weighted by molar-refractivity contribution is 6.34. The molecule has 1 aliphatic rings. The van der Waals surface area contributed by atoms with Crippen molar-refractivity contribution >= 4 is 34.2 Å². The van der Waals surface area contributed by atoms with Crippen molar-refractivity contribution in [3.63, 3.8) is 0 Å². The number of nitrogens with zero attached hydrogens (tertiary/aromatic N) is 5. The van der Waals surface area contributed by atoms with Crippen LogP contribution in [0.5, 0.6) is 0 Å². The van der Waals surface area contributed by atoms with Gasteiger partial charge >= 0.3 is 0 Å². The Morgan fingerprint density at radius 3 is 2.57 bits per heavy atom. The van der Waals surface area contributed by atoms with Gasteiger partial charge in [-0.05, 0) is 31.2 Å². The third-order valence-corrected chi connectivity index (χ3v) is 4.94. The summed E-state index contributed by atoms with van der Waals surface area (Å²) < 4.78 is 0. The van der Waals surface area contributed by atoms with Crippen LogP contribution in [0.1, 0.15) is 17.3 Å². The van der Waals surface area contributed by atoms with Crippen LogP contribution in [0.4, 0.5) is 5.82 Å². The van der Waals surface area contributed by atoms with Crippen LogP contribution in [0, 0.1) is 0 Å². The lowest BCUT2D eigenvalue weighted by atomic mass is 10.1. The van der Waals surface area contributed by atoms with Crippen LogP contribution in [-0.2, 0) is 0 Å². The molecule has 1 unspecified atom stereocenters. The third-order valence-electron chi connectivity index (χ3n) is 4.68. The zero-order valence-corrected chi connectivity index (χ0v) is 16.5. The van der Waals surface area contributed by atoms with Gasteiger partial charge in [-0.2, -0.15) is 0 Å². The number of benzene rings is 1. The van der Waals surface area contributed by atoms with Crippen LogP contribution in [0.2, 0.25) is 5.15 Å². The first-order valence-electron chi connectivity index (χ1n) is 9.03. The Balaban J connectivity index is 0.00000109. The van der Waals surface area contributed by atoms with E-state index in [0.717, 1.165) is 11.2 Å². The summed E-state index contributed by atoms with van der Waals surface area (Å²) in [5, 5.41) is 9.54. The topological polar surface area (TPSA) is 62.2 Å². The van der Waals surface area contributed by atoms with Crippen molar-refractivity contribution < 1.29 is 4.79 Å². The summed E-state index contributed by atoms with van der Waals surface area (Å²) in [6.45, 7) is 10.0. The van der Waals surface area contributed by atoms with Crippen LogP contribution in [0.25, 0.3) is 10.9 Å². The summed E-state index contributed by atoms with van der Waals surface area (Å²) >= 11 is 6.13. The van der Waals surface area contributed by atoms with Crippen molar-refractivity contribution in [1.29, 1.82) is 0 Å². The molecule has 0 spiro atoms. The Morgan fingerprint density at radius 2 is 1.86 bits per heavy atom. The number of carbonyl (C=O) groups is 1. The van der Waals surface area contributed by atoms with E-state index >= 15 is 0 Å². The molecule has 1 fully saturated rings. The molecule has 0 N–H and O–H groups in total. The van der Waals surface area contributed by atoms with E-state index in [0.29, 0.717) is 35.9 Å². The van der Waals surface area contributed by atoms with Crippen LogP contribution in [0.3, 0.4) is 0 Å². The van der Waals surface area contributed by atoms with E-state index in [2.05, 4.69) is 40.2 Å². The third kappa shape index (κ3) is 3.82. The Labute approximate surface area is 169 Å². The highest BCUT2D eigenvalue weighted by Crippen LogP contribution is 2.29. The second kappa shape index (κ2) is 8.80. The zero-order chi connectivity index (χ0) is 20.1. The molecule has 1 saturated heterocycles. The molecule has 1 aliphatic heterocycles. The van der Waals surface area contributed by atoms with Gasteiger partial charge in [0.25, 0.3) is 5.91 Å². The molecule has 3 heterocycles. The Morgan fingerprint density at radius 1 is 1.11 bits per heavy atom. The molecular formula is C21H22ClN5O. The predicted molar refractivity (Wildman–Crippen MR) is 113 cm³/mol. The maximum atomic E-state index is 12.7. The van der Waals surface area contributed by atoms with Gasteiger partial charge in [0, 0.05) is 42.8 Å². The first-order valence-corrected chi connectivity index (χ1v) is 9.41. The summed E-state index contributed by atoms with van der Waals surface area (Å²) in [5.41, 5.74) is 1.36. The summed E-state index contributed by atoms with van der Waals surface area (Å²) in [7, 11) is 0. The number of anilines is 1. The molecular weight excluding hydrogens is 374 g/mol. The SMILES string of the molecule is C=C.CC1CN(C(=O)c2ccccc2)CCN1c1nnc(Cl)c2ncccc12. The van der Waals surface area contributed by atoms with Gasteiger partial charge in [0.05, 0.1) is 0 Å². The molecule has 4 rings (SSSR count). The second-order valence-corrected chi connectivity index (χ2v) is 6.73. The fourth-order valence-corrected chi connectivity index (χ4v) is 3.56. The van der Waals surface area contributed by atoms with E-state index in [4.69, 9.17) is 11.6 Å². The highest BCUT2D eigenvalue weighted by atomic mass is 35.5. The minimum absolute atomic E-state index is 0.0609. The van der Waals surface area contributed by atoms with E-state index in [1.165, 1.54) is 0 Å². The maximum Gasteiger partial charge on any atom is 0.253 e. The number of carbonyl (C=O) groups excluding carboxylic acids is 1. The number of rotatable bonds is 2. The number of hydrogen-bond donors (Lipinski definition) is 0. The minimum Gasteiger partial charge on any atom is -0.348 e. The number of hydrogen-bond acceptors (Lipinski definition) is 5. The first-order chi connectivity index (χ1) is 13.6. The number of pyridine rings is 1. The fourth-order valence-electron chi connectivity index (χ4n) is 3.37. The molecule has 3 aromatic rings. The highest BCUT2D eigenvalue weighted by Gasteiger charge is 2.29. The van der Waals surface area contributed by atoms with Crippen molar-refractivity contribution in [1.82, 2.24) is 20.1 Å². The van der Waals surface area contributed by atoms with E-state index in [1.807, 2.05) is 47.4 Å². The average molecular weight is 396 g/mol. The molecule has 1 atom stereocenters. The lowest BCUT2D eigenvalue weighted by Gasteiger charge is -2.40. The Bertz CT molecular complexity index is 965. The maximum absolute atomic E-state index is 12.7. The van der Waals surface area contributed by atoms with Crippen molar-refractivity contribution in [2.75, 3.05) is 24.5 Å². The molecule has 144 valence electrons. The van der Waals surface area contributed by atoms with Crippen LogP contribution in [-0.4, -0.2) is 51.7 Å². The normalized spacial score (nSPS) is 16.4. The quantitative estimate of drug-likeness (QED) is 0.617. The van der Waals surface area contributed by atoms with Crippen molar-refractivity contribution in [3.8, 4) is 0 Å². The van der Waals surface area contributed by atoms with Gasteiger partial charge in [-0.3, -0.25) is 9.78 Å². The van der Waals surface area contributed by atoms with E-state index in [-0.39, 0.29) is 11.9 Å². The van der Waals surface area contributed by atoms with E-state index in [1.54, 1.807) is 6.20 Å². The van der Waals surface area contributed by atoms with Gasteiger partial charge in [-0.25, -0.2) is 0 Å². The zero-order valence-electron chi connectivity index (χ0n) is 15.8. The average Bonchev–Trinajstić information content (AvgIpc) is 2.76. The second-order valence-electron chi connectivity index (χ2n) is 6.37. The monoisotopic (exact) mass is 395 g/mol. The summed E-state index contributed by atoms with van der Waals surface area (Å²) in [6, 6.07) is 13.3. The summed E-state index contributed by atoms with van der Waals surface area (Å²) in [6.07, 6.45) is 1.69. The van der Waals surface area contributed by atoms with Crippen LogP contribution < -0.4 is 4.90 Å². The number of amides is 1. The standard InChI is InChI=1S/C19H18ClN5O.C2H4/c1-13-12-24(19(26)14-6-3-2-4-7-14)10-11-25(13)18-15-8-5-9-21-16(15)17(20)22-23-18;1-2/h2-9,13H,10-12H2,1H3;1-2H2. The molecule has 1 amide bonds. The van der Waals surface area contributed by atoms with E-state index in [9.17, 15) is 4.79 Å². The molecule has 6 nitrogen and oxygen atoms in total. The molecule has 0 bridgehead atoms. The molecule has 28 heavy (non-hydrogen) atoms. The largest absolute Gasteiger partial charge is 0.348 e. The predicted octanol–water partition coefficient (Wildman–Crippen LogP) is 3.83. The van der Waals surface area contributed by atoms with Gasteiger partial charge in [0.15, 0.2) is 11.0 Å². The summed E-state index contributed by atoms with van der Waals surface area (Å²) in [4.78, 5) is 21.1. The molecule has 0 saturated carbocycles. The fraction of sp³-hybridized carbons (Fsp3) is 0.238. The van der Waals surface area contributed by atoms with Gasteiger partial charge in [0.2, 0.25) is 0 Å². The van der Waals surface area contributed by atoms with Gasteiger partial charge in [-0.1, -0.05) is 29.8 Å². The molecule has 0 aliphatic carbocycles. The number of aromatic nitrogens is 3. The molecule has 7 heteroatoms. The van der Waals surface area contributed by atoms with Crippen LogP contribution >= 0.6 is 11.6 Å². The lowest BCUT2D eigenvalue weighted by molar-refractivity contribution is 0.0726. The van der Waals surface area contributed by atoms with Crippen molar-refractivity contribution in [2.45, 2.75) is 13.0 Å². The molecule has 2 aromatic heterocycles. The van der Waals surface area contributed by atoms with Crippen molar-refractivity contribution in [3.05, 3.63) is 72.5 Å². The summed E-state index contributed by atoms with van der Waals surface area (Å²) in [5.74, 6) is 0.822. The number of piperazine rings is 1.